The van der Waals surface area contributed by atoms with Crippen LogP contribution in [0.5, 0.6) is 11.5 Å². The number of ether oxygens (including phenoxy) is 1. The molecule has 3 aromatic heterocycles. The average Bonchev–Trinajstić information content (AvgIpc) is 3.03. The fourth-order valence-electron chi connectivity index (χ4n) is 2.84. The van der Waals surface area contributed by atoms with E-state index in [1.807, 2.05) is 43.3 Å². The van der Waals surface area contributed by atoms with Gasteiger partial charge in [0, 0.05) is 12.4 Å². The number of aromatic nitrogens is 4. The Balaban J connectivity index is 2.04. The fraction of sp³-hybridized carbons (Fsp3) is 0.105. The van der Waals surface area contributed by atoms with Crippen molar-refractivity contribution >= 4 is 5.52 Å². The van der Waals surface area contributed by atoms with Gasteiger partial charge < -0.3 is 9.84 Å². The van der Waals surface area contributed by atoms with Crippen molar-refractivity contribution in [2.45, 2.75) is 6.92 Å². The summed E-state index contributed by atoms with van der Waals surface area (Å²) in [6.45, 7) is 1.97. The van der Waals surface area contributed by atoms with Gasteiger partial charge >= 0.3 is 0 Å². The smallest absolute Gasteiger partial charge is 0.165 e. The van der Waals surface area contributed by atoms with Crippen molar-refractivity contribution in [3.63, 3.8) is 0 Å². The Bertz CT molecular complexity index is 1070. The summed E-state index contributed by atoms with van der Waals surface area (Å²) < 4.78 is 7.13. The summed E-state index contributed by atoms with van der Waals surface area (Å²) >= 11 is 0. The van der Waals surface area contributed by atoms with Gasteiger partial charge in [-0.1, -0.05) is 11.6 Å². The molecule has 0 unspecified atom stereocenters. The number of nitrogens with zero attached hydrogens (tertiary/aromatic N) is 4. The van der Waals surface area contributed by atoms with E-state index < -0.39 is 0 Å². The molecular weight excluding hydrogens is 316 g/mol. The zero-order chi connectivity index (χ0) is 17.4. The third-order valence-corrected chi connectivity index (χ3v) is 4.02. The highest BCUT2D eigenvalue weighted by Crippen LogP contribution is 2.35. The van der Waals surface area contributed by atoms with Gasteiger partial charge in [-0.05, 0) is 43.3 Å². The molecule has 1 N–H and O–H groups in total. The van der Waals surface area contributed by atoms with Crippen LogP contribution in [0.1, 0.15) is 5.56 Å². The molecule has 0 aliphatic carbocycles. The molecule has 0 saturated heterocycles. The molecule has 6 nitrogen and oxygen atoms in total. The molecule has 0 bridgehead atoms. The number of imidazole rings is 1. The summed E-state index contributed by atoms with van der Waals surface area (Å²) in [6.07, 6.45) is 3.38. The minimum atomic E-state index is 0.155. The van der Waals surface area contributed by atoms with Crippen LogP contribution in [0.4, 0.5) is 0 Å². The lowest BCUT2D eigenvalue weighted by molar-refractivity contribution is 0.414. The Hall–Kier alpha value is -3.41. The summed E-state index contributed by atoms with van der Waals surface area (Å²) in [5.41, 5.74) is 3.72. The topological polar surface area (TPSA) is 72.5 Å². The van der Waals surface area contributed by atoms with Crippen LogP contribution in [0, 0.1) is 6.92 Å². The predicted octanol–water partition coefficient (Wildman–Crippen LogP) is 3.48. The van der Waals surface area contributed by atoms with E-state index in [0.29, 0.717) is 28.5 Å². The third-order valence-electron chi connectivity index (χ3n) is 4.02. The first kappa shape index (κ1) is 15.1. The number of hydrogen-bond acceptors (Lipinski definition) is 5. The van der Waals surface area contributed by atoms with Gasteiger partial charge in [-0.15, -0.1) is 0 Å². The van der Waals surface area contributed by atoms with E-state index in [9.17, 15) is 5.11 Å². The maximum atomic E-state index is 10.3. The van der Waals surface area contributed by atoms with Crippen LogP contribution in [0.3, 0.4) is 0 Å². The van der Waals surface area contributed by atoms with Crippen molar-refractivity contribution in [2.24, 2.45) is 0 Å². The van der Waals surface area contributed by atoms with E-state index in [-0.39, 0.29) is 5.75 Å². The molecule has 0 amide bonds. The summed E-state index contributed by atoms with van der Waals surface area (Å²) in [5, 5.41) is 14.7. The van der Waals surface area contributed by atoms with E-state index in [1.54, 1.807) is 30.1 Å². The summed E-state index contributed by atoms with van der Waals surface area (Å²) in [5.74, 6) is 1.34. The Morgan fingerprint density at radius 2 is 1.88 bits per heavy atom. The normalized spacial score (nSPS) is 11.0. The van der Waals surface area contributed by atoms with Crippen molar-refractivity contribution in [1.82, 2.24) is 19.6 Å². The summed E-state index contributed by atoms with van der Waals surface area (Å²) in [6, 6.07) is 12.8. The predicted molar refractivity (Wildman–Crippen MR) is 94.6 cm³/mol. The highest BCUT2D eigenvalue weighted by molar-refractivity contribution is 5.82. The molecule has 6 heteroatoms. The standard InChI is InChI=1S/C19H16N4O2/c1-12-7-8-15(24)13(11-12)19-22-17(14-5-3-10-21-23(14)19)18-16(25-2)6-4-9-20-18/h3-11,24H,1-2H3. The molecule has 4 rings (SSSR count). The van der Waals surface area contributed by atoms with Gasteiger partial charge in [-0.25, -0.2) is 9.50 Å². The van der Waals surface area contributed by atoms with E-state index in [0.717, 1.165) is 11.1 Å². The Kier molecular flexibility index (Phi) is 3.57. The number of hydrogen-bond donors (Lipinski definition) is 1. The minimum absolute atomic E-state index is 0.155. The van der Waals surface area contributed by atoms with Gasteiger partial charge in [0.15, 0.2) is 5.82 Å². The maximum absolute atomic E-state index is 10.3. The highest BCUT2D eigenvalue weighted by atomic mass is 16.5. The molecule has 0 aliphatic heterocycles. The summed E-state index contributed by atoms with van der Waals surface area (Å²) in [4.78, 5) is 9.16. The summed E-state index contributed by atoms with van der Waals surface area (Å²) in [7, 11) is 1.60. The first-order valence-corrected chi connectivity index (χ1v) is 7.82. The largest absolute Gasteiger partial charge is 0.507 e. The minimum Gasteiger partial charge on any atom is -0.507 e. The molecule has 0 saturated carbocycles. The Morgan fingerprint density at radius 3 is 2.72 bits per heavy atom. The first-order chi connectivity index (χ1) is 12.2. The number of pyridine rings is 1. The van der Waals surface area contributed by atoms with Crippen molar-refractivity contribution in [2.75, 3.05) is 7.11 Å². The second kappa shape index (κ2) is 5.90. The van der Waals surface area contributed by atoms with Crippen LogP contribution in [0.2, 0.25) is 0 Å². The molecule has 0 radical (unpaired) electrons. The molecule has 25 heavy (non-hydrogen) atoms. The molecule has 3 heterocycles. The lowest BCUT2D eigenvalue weighted by atomic mass is 10.1. The number of phenols is 1. The van der Waals surface area contributed by atoms with Crippen LogP contribution >= 0.6 is 0 Å². The van der Waals surface area contributed by atoms with E-state index >= 15 is 0 Å². The SMILES string of the molecule is COc1cccnc1-c1nc(-c2cc(C)ccc2O)n2ncccc12. The Morgan fingerprint density at radius 1 is 1.04 bits per heavy atom. The molecule has 124 valence electrons. The van der Waals surface area contributed by atoms with Crippen LogP contribution in [-0.4, -0.2) is 31.8 Å². The van der Waals surface area contributed by atoms with Gasteiger partial charge in [-0.3, -0.25) is 4.98 Å². The molecule has 4 aromatic rings. The van der Waals surface area contributed by atoms with Gasteiger partial charge in [-0.2, -0.15) is 5.10 Å². The zero-order valence-electron chi connectivity index (χ0n) is 13.8. The van der Waals surface area contributed by atoms with Crippen LogP contribution in [0.15, 0.2) is 54.9 Å². The second-order valence-electron chi connectivity index (χ2n) is 5.68. The van der Waals surface area contributed by atoms with Crippen molar-refractivity contribution in [3.05, 3.63) is 60.4 Å². The monoisotopic (exact) mass is 332 g/mol. The van der Waals surface area contributed by atoms with Crippen molar-refractivity contribution in [1.29, 1.82) is 0 Å². The second-order valence-corrected chi connectivity index (χ2v) is 5.68. The number of fused-ring (bicyclic) bond motifs is 1. The van der Waals surface area contributed by atoms with Gasteiger partial charge in [0.2, 0.25) is 0 Å². The molecule has 0 aliphatic rings. The van der Waals surface area contributed by atoms with E-state index in [1.165, 1.54) is 0 Å². The molecule has 1 aromatic carbocycles. The number of phenolic OH excluding ortho intramolecular Hbond substituents is 1. The van der Waals surface area contributed by atoms with E-state index in [4.69, 9.17) is 9.72 Å². The fourth-order valence-corrected chi connectivity index (χ4v) is 2.84. The first-order valence-electron chi connectivity index (χ1n) is 7.82. The third kappa shape index (κ3) is 2.48. The number of methoxy groups -OCH3 is 1. The lowest BCUT2D eigenvalue weighted by Gasteiger charge is -2.04. The molecule has 0 spiro atoms. The Labute approximate surface area is 144 Å². The van der Waals surface area contributed by atoms with E-state index in [2.05, 4.69) is 10.1 Å². The zero-order valence-corrected chi connectivity index (χ0v) is 13.8. The number of aryl methyl sites for hydroxylation is 1. The number of benzene rings is 1. The highest BCUT2D eigenvalue weighted by Gasteiger charge is 2.20. The average molecular weight is 332 g/mol. The van der Waals surface area contributed by atoms with Crippen LogP contribution in [-0.2, 0) is 0 Å². The number of aromatic hydroxyl groups is 1. The van der Waals surface area contributed by atoms with Crippen LogP contribution in [0.25, 0.3) is 28.3 Å². The number of rotatable bonds is 3. The van der Waals surface area contributed by atoms with Gasteiger partial charge in [0.05, 0.1) is 18.2 Å². The molecule has 0 atom stereocenters. The van der Waals surface area contributed by atoms with Gasteiger partial charge in [0.25, 0.3) is 0 Å². The molecule has 0 fully saturated rings. The van der Waals surface area contributed by atoms with Crippen molar-refractivity contribution < 1.29 is 9.84 Å². The quantitative estimate of drug-likeness (QED) is 0.622. The molecular formula is C19H16N4O2. The van der Waals surface area contributed by atoms with Crippen LogP contribution < -0.4 is 4.74 Å². The maximum Gasteiger partial charge on any atom is 0.165 e. The lowest BCUT2D eigenvalue weighted by Crippen LogP contribution is -1.94. The van der Waals surface area contributed by atoms with Gasteiger partial charge in [0.1, 0.15) is 22.9 Å². The van der Waals surface area contributed by atoms with Crippen molar-refractivity contribution in [3.8, 4) is 34.3 Å².